The van der Waals surface area contributed by atoms with E-state index >= 15 is 0 Å². The summed E-state index contributed by atoms with van der Waals surface area (Å²) in [6.45, 7) is 2.55. The molecule has 0 aliphatic heterocycles. The molecule has 0 spiro atoms. The van der Waals surface area contributed by atoms with Crippen molar-refractivity contribution in [2.24, 2.45) is 0 Å². The first-order valence-electron chi connectivity index (χ1n) is 7.18. The van der Waals surface area contributed by atoms with Gasteiger partial charge in [0.1, 0.15) is 0 Å². The molecule has 0 saturated carbocycles. The van der Waals surface area contributed by atoms with E-state index in [1.807, 2.05) is 49.4 Å². The average Bonchev–Trinajstić information content (AvgIpc) is 2.52. The number of hydrogen-bond donors (Lipinski definition) is 1. The highest BCUT2D eigenvalue weighted by molar-refractivity contribution is 5.94. The number of aryl methyl sites for hydroxylation is 1. The molecule has 0 bridgehead atoms. The van der Waals surface area contributed by atoms with E-state index in [4.69, 9.17) is 5.11 Å². The third-order valence-electron chi connectivity index (χ3n) is 3.40. The number of carboxylic acid groups (broad SMARTS) is 1. The largest absolute Gasteiger partial charge is 0.481 e. The lowest BCUT2D eigenvalue weighted by Gasteiger charge is -2.22. The van der Waals surface area contributed by atoms with E-state index in [1.54, 1.807) is 17.0 Å². The molecule has 4 nitrogen and oxygen atoms in total. The topological polar surface area (TPSA) is 57.6 Å². The maximum Gasteiger partial charge on any atom is 0.305 e. The van der Waals surface area contributed by atoms with Gasteiger partial charge in [-0.2, -0.15) is 0 Å². The van der Waals surface area contributed by atoms with Crippen molar-refractivity contribution >= 4 is 11.9 Å². The molecular formula is C18H19NO3. The molecule has 2 aromatic rings. The highest BCUT2D eigenvalue weighted by Crippen LogP contribution is 2.12. The lowest BCUT2D eigenvalue weighted by Crippen LogP contribution is -2.32. The van der Waals surface area contributed by atoms with Gasteiger partial charge in [0.25, 0.3) is 5.91 Å². The number of amides is 1. The minimum atomic E-state index is -0.908. The lowest BCUT2D eigenvalue weighted by molar-refractivity contribution is -0.137. The summed E-state index contributed by atoms with van der Waals surface area (Å²) in [6.07, 6.45) is -0.0650. The zero-order chi connectivity index (χ0) is 15.9. The predicted molar refractivity (Wildman–Crippen MR) is 84.6 cm³/mol. The molecular weight excluding hydrogens is 278 g/mol. The molecule has 0 fully saturated rings. The molecule has 0 atom stereocenters. The van der Waals surface area contributed by atoms with Gasteiger partial charge in [-0.3, -0.25) is 9.59 Å². The van der Waals surface area contributed by atoms with Gasteiger partial charge in [0, 0.05) is 18.7 Å². The third-order valence-corrected chi connectivity index (χ3v) is 3.40. The Morgan fingerprint density at radius 2 is 1.64 bits per heavy atom. The average molecular weight is 297 g/mol. The summed E-state index contributed by atoms with van der Waals surface area (Å²) in [7, 11) is 0. The normalized spacial score (nSPS) is 10.2. The van der Waals surface area contributed by atoms with E-state index in [0.717, 1.165) is 11.1 Å². The van der Waals surface area contributed by atoms with Gasteiger partial charge < -0.3 is 10.0 Å². The number of rotatable bonds is 6. The zero-order valence-corrected chi connectivity index (χ0v) is 12.5. The van der Waals surface area contributed by atoms with Crippen LogP contribution in [0.5, 0.6) is 0 Å². The molecule has 2 aromatic carbocycles. The summed E-state index contributed by atoms with van der Waals surface area (Å²) in [6, 6.07) is 16.9. The van der Waals surface area contributed by atoms with Crippen LogP contribution in [0.1, 0.15) is 27.9 Å². The summed E-state index contributed by atoms with van der Waals surface area (Å²) in [4.78, 5) is 25.0. The molecule has 1 amide bonds. The maximum absolute atomic E-state index is 12.6. The molecule has 4 heteroatoms. The van der Waals surface area contributed by atoms with Gasteiger partial charge in [0.2, 0.25) is 0 Å². The van der Waals surface area contributed by atoms with Crippen molar-refractivity contribution in [1.29, 1.82) is 0 Å². The maximum atomic E-state index is 12.6. The van der Waals surface area contributed by atoms with Crippen LogP contribution >= 0.6 is 0 Å². The number of carboxylic acids is 1. The van der Waals surface area contributed by atoms with Gasteiger partial charge in [-0.05, 0) is 24.6 Å². The second-order valence-corrected chi connectivity index (χ2v) is 5.22. The van der Waals surface area contributed by atoms with Gasteiger partial charge in [-0.15, -0.1) is 0 Å². The van der Waals surface area contributed by atoms with Gasteiger partial charge in [0.05, 0.1) is 6.42 Å². The second kappa shape index (κ2) is 7.41. The van der Waals surface area contributed by atoms with E-state index in [2.05, 4.69) is 0 Å². The first-order valence-corrected chi connectivity index (χ1v) is 7.18. The SMILES string of the molecule is Cc1ccc(C(=O)N(CCC(=O)O)Cc2ccccc2)cc1. The van der Waals surface area contributed by atoms with Crippen LogP contribution < -0.4 is 0 Å². The van der Waals surface area contributed by atoms with Crippen LogP contribution in [0.3, 0.4) is 0 Å². The highest BCUT2D eigenvalue weighted by Gasteiger charge is 2.17. The van der Waals surface area contributed by atoms with E-state index < -0.39 is 5.97 Å². The molecule has 0 aliphatic carbocycles. The number of benzene rings is 2. The van der Waals surface area contributed by atoms with Crippen LogP contribution in [0.4, 0.5) is 0 Å². The van der Waals surface area contributed by atoms with E-state index in [9.17, 15) is 9.59 Å². The van der Waals surface area contributed by atoms with Crippen molar-refractivity contribution in [2.45, 2.75) is 19.9 Å². The molecule has 114 valence electrons. The Hall–Kier alpha value is -2.62. The fourth-order valence-corrected chi connectivity index (χ4v) is 2.17. The molecule has 0 heterocycles. The monoisotopic (exact) mass is 297 g/mol. The summed E-state index contributed by atoms with van der Waals surface area (Å²) in [5, 5.41) is 8.88. The minimum absolute atomic E-state index is 0.0650. The van der Waals surface area contributed by atoms with Crippen LogP contribution in [-0.2, 0) is 11.3 Å². The molecule has 0 unspecified atom stereocenters. The van der Waals surface area contributed by atoms with Gasteiger partial charge >= 0.3 is 5.97 Å². The van der Waals surface area contributed by atoms with Crippen LogP contribution in [0.25, 0.3) is 0 Å². The Bertz CT molecular complexity index is 635. The fourth-order valence-electron chi connectivity index (χ4n) is 2.17. The molecule has 1 N–H and O–H groups in total. The van der Waals surface area contributed by atoms with Crippen LogP contribution in [0, 0.1) is 6.92 Å². The fraction of sp³-hybridized carbons (Fsp3) is 0.222. The van der Waals surface area contributed by atoms with Crippen molar-refractivity contribution < 1.29 is 14.7 Å². The van der Waals surface area contributed by atoms with Crippen molar-refractivity contribution in [2.75, 3.05) is 6.54 Å². The molecule has 22 heavy (non-hydrogen) atoms. The molecule has 0 aromatic heterocycles. The minimum Gasteiger partial charge on any atom is -0.481 e. The number of nitrogens with zero attached hydrogens (tertiary/aromatic N) is 1. The Kier molecular flexibility index (Phi) is 5.31. The molecule has 2 rings (SSSR count). The van der Waals surface area contributed by atoms with Crippen molar-refractivity contribution in [3.05, 3.63) is 71.3 Å². The Labute approximate surface area is 130 Å². The standard InChI is InChI=1S/C18H19NO3/c1-14-7-9-16(10-8-14)18(22)19(12-11-17(20)21)13-15-5-3-2-4-6-15/h2-10H,11-13H2,1H3,(H,20,21). The first kappa shape index (κ1) is 15.8. The van der Waals surface area contributed by atoms with Crippen molar-refractivity contribution in [1.82, 2.24) is 4.90 Å². The van der Waals surface area contributed by atoms with Gasteiger partial charge in [-0.1, -0.05) is 48.0 Å². The molecule has 0 saturated heterocycles. The predicted octanol–water partition coefficient (Wildman–Crippen LogP) is 3.11. The van der Waals surface area contributed by atoms with Crippen LogP contribution in [0.2, 0.25) is 0 Å². The second-order valence-electron chi connectivity index (χ2n) is 5.22. The number of carbonyl (C=O) groups is 2. The van der Waals surface area contributed by atoms with Crippen LogP contribution in [0.15, 0.2) is 54.6 Å². The summed E-state index contributed by atoms with van der Waals surface area (Å²) >= 11 is 0. The van der Waals surface area contributed by atoms with Gasteiger partial charge in [-0.25, -0.2) is 0 Å². The highest BCUT2D eigenvalue weighted by atomic mass is 16.4. The summed E-state index contributed by atoms with van der Waals surface area (Å²) < 4.78 is 0. The lowest BCUT2D eigenvalue weighted by atomic mass is 10.1. The number of hydrogen-bond acceptors (Lipinski definition) is 2. The smallest absolute Gasteiger partial charge is 0.305 e. The summed E-state index contributed by atoms with van der Waals surface area (Å²) in [5.41, 5.74) is 2.64. The van der Waals surface area contributed by atoms with E-state index in [1.165, 1.54) is 0 Å². The van der Waals surface area contributed by atoms with E-state index in [-0.39, 0.29) is 18.9 Å². The van der Waals surface area contributed by atoms with Crippen LogP contribution in [-0.4, -0.2) is 28.4 Å². The third kappa shape index (κ3) is 4.45. The van der Waals surface area contributed by atoms with E-state index in [0.29, 0.717) is 12.1 Å². The Morgan fingerprint density at radius 1 is 1.00 bits per heavy atom. The van der Waals surface area contributed by atoms with Crippen molar-refractivity contribution in [3.63, 3.8) is 0 Å². The Balaban J connectivity index is 2.17. The molecule has 0 aliphatic rings. The number of aliphatic carboxylic acids is 1. The zero-order valence-electron chi connectivity index (χ0n) is 12.5. The number of carbonyl (C=O) groups excluding carboxylic acids is 1. The molecule has 0 radical (unpaired) electrons. The first-order chi connectivity index (χ1) is 10.6. The quantitative estimate of drug-likeness (QED) is 0.891. The Morgan fingerprint density at radius 3 is 2.23 bits per heavy atom. The van der Waals surface area contributed by atoms with Crippen molar-refractivity contribution in [3.8, 4) is 0 Å². The summed E-state index contributed by atoms with van der Waals surface area (Å²) in [5.74, 6) is -1.06. The van der Waals surface area contributed by atoms with Gasteiger partial charge in [0.15, 0.2) is 0 Å².